The molecule has 1 amide bonds. The van der Waals surface area contributed by atoms with Crippen LogP contribution in [0, 0.1) is 10.1 Å². The summed E-state index contributed by atoms with van der Waals surface area (Å²) in [7, 11) is 0. The SMILES string of the molecule is NC(=O)c1nc(Cc2ccc([N+](=O)[O-])cc2)[nH]c1O. The number of nitrogens with two attached hydrogens (primary N) is 1. The number of carbonyl (C=O) groups is 1. The van der Waals surface area contributed by atoms with Crippen molar-refractivity contribution in [3.05, 3.63) is 51.5 Å². The van der Waals surface area contributed by atoms with Crippen LogP contribution >= 0.6 is 0 Å². The van der Waals surface area contributed by atoms with Crippen LogP contribution in [-0.4, -0.2) is 25.9 Å². The first-order chi connectivity index (χ1) is 8.97. The van der Waals surface area contributed by atoms with Crippen molar-refractivity contribution in [2.75, 3.05) is 0 Å². The summed E-state index contributed by atoms with van der Waals surface area (Å²) in [5.41, 5.74) is 5.53. The van der Waals surface area contributed by atoms with E-state index in [1.54, 1.807) is 12.1 Å². The van der Waals surface area contributed by atoms with Crippen LogP contribution in [0.5, 0.6) is 5.88 Å². The Morgan fingerprint density at radius 2 is 2.05 bits per heavy atom. The van der Waals surface area contributed by atoms with E-state index in [4.69, 9.17) is 5.73 Å². The maximum absolute atomic E-state index is 10.9. The van der Waals surface area contributed by atoms with Gasteiger partial charge in [0.2, 0.25) is 5.88 Å². The summed E-state index contributed by atoms with van der Waals surface area (Å²) < 4.78 is 0. The fraction of sp³-hybridized carbons (Fsp3) is 0.0909. The summed E-state index contributed by atoms with van der Waals surface area (Å²) in [6.07, 6.45) is 0.291. The lowest BCUT2D eigenvalue weighted by Gasteiger charge is -1.97. The number of non-ortho nitro benzene ring substituents is 1. The van der Waals surface area contributed by atoms with Crippen molar-refractivity contribution < 1.29 is 14.8 Å². The molecule has 0 saturated heterocycles. The minimum atomic E-state index is -0.830. The lowest BCUT2D eigenvalue weighted by molar-refractivity contribution is -0.384. The fourth-order valence-corrected chi connectivity index (χ4v) is 1.60. The number of benzene rings is 1. The minimum absolute atomic E-state index is 0.0103. The normalized spacial score (nSPS) is 10.3. The summed E-state index contributed by atoms with van der Waals surface area (Å²) >= 11 is 0. The number of amides is 1. The van der Waals surface area contributed by atoms with Crippen molar-refractivity contribution in [3.8, 4) is 5.88 Å². The van der Waals surface area contributed by atoms with Crippen molar-refractivity contribution in [1.29, 1.82) is 0 Å². The van der Waals surface area contributed by atoms with E-state index < -0.39 is 10.8 Å². The number of imidazole rings is 1. The second-order valence-electron chi connectivity index (χ2n) is 3.85. The van der Waals surface area contributed by atoms with Crippen LogP contribution in [0.15, 0.2) is 24.3 Å². The van der Waals surface area contributed by atoms with Gasteiger partial charge in [0.05, 0.1) is 4.92 Å². The molecule has 0 radical (unpaired) electrons. The van der Waals surface area contributed by atoms with E-state index in [1.165, 1.54) is 12.1 Å². The Hall–Kier alpha value is -2.90. The quantitative estimate of drug-likeness (QED) is 0.550. The van der Waals surface area contributed by atoms with Gasteiger partial charge in [-0.2, -0.15) is 0 Å². The molecule has 1 aromatic carbocycles. The summed E-state index contributed by atoms with van der Waals surface area (Å²) in [6, 6.07) is 5.88. The third kappa shape index (κ3) is 2.68. The molecule has 0 atom stereocenters. The maximum atomic E-state index is 10.9. The second-order valence-corrected chi connectivity index (χ2v) is 3.85. The van der Waals surface area contributed by atoms with Crippen LogP contribution in [0.1, 0.15) is 21.9 Å². The van der Waals surface area contributed by atoms with E-state index in [0.29, 0.717) is 12.2 Å². The molecule has 98 valence electrons. The van der Waals surface area contributed by atoms with Crippen LogP contribution in [0.2, 0.25) is 0 Å². The van der Waals surface area contributed by atoms with Crippen molar-refractivity contribution in [2.24, 2.45) is 5.73 Å². The number of nitrogens with one attached hydrogen (secondary N) is 1. The lowest BCUT2D eigenvalue weighted by Crippen LogP contribution is -2.11. The van der Waals surface area contributed by atoms with Gasteiger partial charge in [-0.15, -0.1) is 0 Å². The Morgan fingerprint density at radius 3 is 2.53 bits per heavy atom. The molecule has 0 fully saturated rings. The number of primary amides is 1. The van der Waals surface area contributed by atoms with Gasteiger partial charge in [-0.25, -0.2) is 4.98 Å². The number of hydrogen-bond acceptors (Lipinski definition) is 5. The van der Waals surface area contributed by atoms with E-state index in [-0.39, 0.29) is 17.3 Å². The summed E-state index contributed by atoms with van der Waals surface area (Å²) in [5.74, 6) is -0.867. The predicted octanol–water partition coefficient (Wildman–Crippen LogP) is 0.713. The predicted molar refractivity (Wildman–Crippen MR) is 64.7 cm³/mol. The van der Waals surface area contributed by atoms with Gasteiger partial charge in [0.15, 0.2) is 5.69 Å². The van der Waals surface area contributed by atoms with Gasteiger partial charge in [0.25, 0.3) is 11.6 Å². The van der Waals surface area contributed by atoms with Crippen molar-refractivity contribution >= 4 is 11.6 Å². The molecule has 0 aliphatic rings. The molecule has 2 rings (SSSR count). The molecule has 0 saturated carbocycles. The van der Waals surface area contributed by atoms with Gasteiger partial charge in [0, 0.05) is 18.6 Å². The van der Waals surface area contributed by atoms with Crippen LogP contribution in [0.4, 0.5) is 5.69 Å². The van der Waals surface area contributed by atoms with Crippen LogP contribution in [0.25, 0.3) is 0 Å². The zero-order valence-electron chi connectivity index (χ0n) is 9.66. The first-order valence-electron chi connectivity index (χ1n) is 5.28. The van der Waals surface area contributed by atoms with Crippen LogP contribution in [0.3, 0.4) is 0 Å². The molecule has 1 heterocycles. The van der Waals surface area contributed by atoms with Gasteiger partial charge in [0.1, 0.15) is 5.82 Å². The third-order valence-corrected chi connectivity index (χ3v) is 2.49. The average Bonchev–Trinajstić information content (AvgIpc) is 2.71. The van der Waals surface area contributed by atoms with Gasteiger partial charge < -0.3 is 15.8 Å². The molecule has 8 nitrogen and oxygen atoms in total. The average molecular weight is 262 g/mol. The number of H-pyrrole nitrogens is 1. The van der Waals surface area contributed by atoms with E-state index in [9.17, 15) is 20.0 Å². The molecule has 19 heavy (non-hydrogen) atoms. The second kappa shape index (κ2) is 4.77. The smallest absolute Gasteiger partial charge is 0.272 e. The number of aromatic hydroxyl groups is 1. The summed E-state index contributed by atoms with van der Waals surface area (Å²) in [5, 5.41) is 19.9. The van der Waals surface area contributed by atoms with Gasteiger partial charge in [-0.05, 0) is 5.56 Å². The largest absolute Gasteiger partial charge is 0.493 e. The van der Waals surface area contributed by atoms with E-state index in [1.807, 2.05) is 0 Å². The zero-order chi connectivity index (χ0) is 14.0. The topological polar surface area (TPSA) is 135 Å². The number of aromatic nitrogens is 2. The number of rotatable bonds is 4. The highest BCUT2D eigenvalue weighted by molar-refractivity contribution is 5.93. The molecule has 0 unspecified atom stereocenters. The lowest BCUT2D eigenvalue weighted by atomic mass is 10.1. The molecule has 0 aliphatic carbocycles. The molecule has 1 aromatic heterocycles. The summed E-state index contributed by atoms with van der Waals surface area (Å²) in [6.45, 7) is 0. The molecule has 0 spiro atoms. The van der Waals surface area contributed by atoms with Gasteiger partial charge in [-0.1, -0.05) is 12.1 Å². The fourth-order valence-electron chi connectivity index (χ4n) is 1.60. The first kappa shape index (κ1) is 12.6. The first-order valence-corrected chi connectivity index (χ1v) is 5.28. The monoisotopic (exact) mass is 262 g/mol. The number of hydrogen-bond donors (Lipinski definition) is 3. The van der Waals surface area contributed by atoms with Gasteiger partial charge >= 0.3 is 0 Å². The van der Waals surface area contributed by atoms with Crippen molar-refractivity contribution in [2.45, 2.75) is 6.42 Å². The van der Waals surface area contributed by atoms with Gasteiger partial charge in [-0.3, -0.25) is 14.9 Å². The molecule has 4 N–H and O–H groups in total. The Balaban J connectivity index is 2.19. The number of nitrogens with zero attached hydrogens (tertiary/aromatic N) is 2. The highest BCUT2D eigenvalue weighted by Gasteiger charge is 2.14. The highest BCUT2D eigenvalue weighted by atomic mass is 16.6. The highest BCUT2D eigenvalue weighted by Crippen LogP contribution is 2.17. The number of nitro benzene ring substituents is 1. The van der Waals surface area contributed by atoms with Crippen molar-refractivity contribution in [1.82, 2.24) is 9.97 Å². The van der Waals surface area contributed by atoms with Crippen LogP contribution < -0.4 is 5.73 Å². The molecule has 8 heteroatoms. The molecule has 0 aliphatic heterocycles. The molecular formula is C11H10N4O4. The molecule has 0 bridgehead atoms. The Kier molecular flexibility index (Phi) is 3.15. The molecule has 2 aromatic rings. The molecular weight excluding hydrogens is 252 g/mol. The van der Waals surface area contributed by atoms with E-state index in [2.05, 4.69) is 9.97 Å². The van der Waals surface area contributed by atoms with E-state index in [0.717, 1.165) is 5.56 Å². The van der Waals surface area contributed by atoms with Crippen LogP contribution in [-0.2, 0) is 6.42 Å². The number of nitro groups is 1. The number of carbonyl (C=O) groups excluding carboxylic acids is 1. The zero-order valence-corrected chi connectivity index (χ0v) is 9.66. The minimum Gasteiger partial charge on any atom is -0.493 e. The summed E-state index contributed by atoms with van der Waals surface area (Å²) in [4.78, 5) is 27.3. The Morgan fingerprint density at radius 1 is 1.42 bits per heavy atom. The third-order valence-electron chi connectivity index (χ3n) is 2.49. The number of aromatic amines is 1. The van der Waals surface area contributed by atoms with E-state index >= 15 is 0 Å². The standard InChI is InChI=1S/C11H10N4O4/c12-10(16)9-11(17)14-8(13-9)5-6-1-3-7(4-2-6)15(18)19/h1-4,17H,5H2,(H2,12,16)(H,13,14). The van der Waals surface area contributed by atoms with Crippen molar-refractivity contribution in [3.63, 3.8) is 0 Å². The Bertz CT molecular complexity index is 633. The maximum Gasteiger partial charge on any atom is 0.272 e. The Labute approximate surface area is 107 Å².